The van der Waals surface area contributed by atoms with Gasteiger partial charge in [0.25, 0.3) is 5.91 Å². The van der Waals surface area contributed by atoms with Crippen molar-refractivity contribution >= 4 is 23.3 Å². The molecule has 26 heavy (non-hydrogen) atoms. The number of aryl methyl sites for hydroxylation is 1. The summed E-state index contributed by atoms with van der Waals surface area (Å²) in [6, 6.07) is 9.45. The monoisotopic (exact) mass is 374 g/mol. The Labute approximate surface area is 160 Å². The van der Waals surface area contributed by atoms with Gasteiger partial charge < -0.3 is 10.2 Å². The second-order valence-corrected chi connectivity index (χ2v) is 6.72. The number of anilines is 1. The van der Waals surface area contributed by atoms with Crippen LogP contribution in [0.5, 0.6) is 0 Å². The summed E-state index contributed by atoms with van der Waals surface area (Å²) < 4.78 is 0. The maximum Gasteiger partial charge on any atom is 0.270 e. The topological polar surface area (TPSA) is 58.1 Å². The van der Waals surface area contributed by atoms with Gasteiger partial charge in [-0.25, -0.2) is 9.97 Å². The fourth-order valence-corrected chi connectivity index (χ4v) is 3.03. The minimum atomic E-state index is -0.174. The third-order valence-electron chi connectivity index (χ3n) is 3.96. The van der Waals surface area contributed by atoms with Gasteiger partial charge in [-0.3, -0.25) is 4.79 Å². The first-order valence-electron chi connectivity index (χ1n) is 9.16. The van der Waals surface area contributed by atoms with E-state index in [0.29, 0.717) is 23.1 Å². The number of hydrogen-bond donors (Lipinski definition) is 1. The highest BCUT2D eigenvalue weighted by molar-refractivity contribution is 6.30. The van der Waals surface area contributed by atoms with Crippen molar-refractivity contribution in [1.82, 2.24) is 15.3 Å². The molecule has 2 aromatic rings. The van der Waals surface area contributed by atoms with Crippen LogP contribution in [0.2, 0.25) is 5.02 Å². The number of hydrogen-bond acceptors (Lipinski definition) is 4. The molecule has 1 heterocycles. The van der Waals surface area contributed by atoms with Crippen molar-refractivity contribution in [2.24, 2.45) is 0 Å². The summed E-state index contributed by atoms with van der Waals surface area (Å²) in [5.74, 6) is 1.26. The Balaban J connectivity index is 2.03. The maximum absolute atomic E-state index is 12.5. The average molecular weight is 375 g/mol. The number of halogens is 1. The van der Waals surface area contributed by atoms with Crippen molar-refractivity contribution in [3.63, 3.8) is 0 Å². The van der Waals surface area contributed by atoms with Crippen LogP contribution >= 0.6 is 11.6 Å². The van der Waals surface area contributed by atoms with Gasteiger partial charge in [-0.1, -0.05) is 37.6 Å². The zero-order chi connectivity index (χ0) is 18.9. The molecule has 2 rings (SSSR count). The number of rotatable bonds is 9. The molecule has 0 atom stereocenters. The second-order valence-electron chi connectivity index (χ2n) is 6.28. The molecule has 0 saturated carbocycles. The lowest BCUT2D eigenvalue weighted by molar-refractivity contribution is 0.0948. The van der Waals surface area contributed by atoms with Gasteiger partial charge in [0.1, 0.15) is 17.3 Å². The minimum absolute atomic E-state index is 0.174. The van der Waals surface area contributed by atoms with E-state index in [2.05, 4.69) is 34.0 Å². The van der Waals surface area contributed by atoms with Crippen LogP contribution in [-0.2, 0) is 6.42 Å². The van der Waals surface area contributed by atoms with Gasteiger partial charge in [0.15, 0.2) is 0 Å². The van der Waals surface area contributed by atoms with Crippen LogP contribution in [0.3, 0.4) is 0 Å². The Hall–Kier alpha value is -2.14. The molecule has 1 aromatic heterocycles. The van der Waals surface area contributed by atoms with Crippen LogP contribution in [0.1, 0.15) is 48.6 Å². The van der Waals surface area contributed by atoms with Crippen LogP contribution < -0.4 is 10.2 Å². The third-order valence-corrected chi connectivity index (χ3v) is 4.19. The Kier molecular flexibility index (Phi) is 7.85. The first kappa shape index (κ1) is 20.2. The highest BCUT2D eigenvalue weighted by atomic mass is 35.5. The standard InChI is InChI=1S/C20H27ClN4O/c1-4-11-25(12-5-2)19-14-18(23-15(3)24-19)20(26)22-10-9-16-7-6-8-17(21)13-16/h6-8,13-14H,4-5,9-12H2,1-3H3,(H,22,26). The smallest absolute Gasteiger partial charge is 0.270 e. The number of carbonyl (C=O) groups is 1. The molecule has 0 fully saturated rings. The molecule has 6 heteroatoms. The zero-order valence-corrected chi connectivity index (χ0v) is 16.5. The molecule has 0 spiro atoms. The van der Waals surface area contributed by atoms with Crippen LogP contribution in [0.15, 0.2) is 30.3 Å². The summed E-state index contributed by atoms with van der Waals surface area (Å²) >= 11 is 5.99. The molecular weight excluding hydrogens is 348 g/mol. The molecule has 1 N–H and O–H groups in total. The second kappa shape index (κ2) is 10.1. The molecule has 0 aliphatic heterocycles. The van der Waals surface area contributed by atoms with Crippen molar-refractivity contribution in [2.75, 3.05) is 24.5 Å². The first-order chi connectivity index (χ1) is 12.5. The number of carbonyl (C=O) groups excluding carboxylic acids is 1. The lowest BCUT2D eigenvalue weighted by Gasteiger charge is -2.23. The average Bonchev–Trinajstić information content (AvgIpc) is 2.61. The van der Waals surface area contributed by atoms with E-state index in [0.717, 1.165) is 43.7 Å². The molecule has 5 nitrogen and oxygen atoms in total. The van der Waals surface area contributed by atoms with E-state index >= 15 is 0 Å². The van der Waals surface area contributed by atoms with E-state index in [9.17, 15) is 4.79 Å². The summed E-state index contributed by atoms with van der Waals surface area (Å²) in [7, 11) is 0. The SMILES string of the molecule is CCCN(CCC)c1cc(C(=O)NCCc2cccc(Cl)c2)nc(C)n1. The van der Waals surface area contributed by atoms with E-state index in [1.165, 1.54) is 0 Å². The van der Waals surface area contributed by atoms with Gasteiger partial charge in [0, 0.05) is 30.7 Å². The Morgan fingerprint density at radius 2 is 1.88 bits per heavy atom. The summed E-state index contributed by atoms with van der Waals surface area (Å²) in [6.07, 6.45) is 2.79. The molecular formula is C20H27ClN4O. The molecule has 1 aromatic carbocycles. The summed E-state index contributed by atoms with van der Waals surface area (Å²) in [4.78, 5) is 23.5. The molecule has 0 aliphatic rings. The molecule has 140 valence electrons. The molecule has 0 radical (unpaired) electrons. The minimum Gasteiger partial charge on any atom is -0.357 e. The van der Waals surface area contributed by atoms with Crippen LogP contribution in [0.4, 0.5) is 5.82 Å². The van der Waals surface area contributed by atoms with Gasteiger partial charge in [-0.05, 0) is 43.9 Å². The van der Waals surface area contributed by atoms with E-state index < -0.39 is 0 Å². The number of benzene rings is 1. The van der Waals surface area contributed by atoms with Crippen molar-refractivity contribution < 1.29 is 4.79 Å². The number of aromatic nitrogens is 2. The van der Waals surface area contributed by atoms with Gasteiger partial charge in [-0.15, -0.1) is 0 Å². The van der Waals surface area contributed by atoms with Crippen molar-refractivity contribution in [1.29, 1.82) is 0 Å². The largest absolute Gasteiger partial charge is 0.357 e. The van der Waals surface area contributed by atoms with E-state index in [1.807, 2.05) is 31.2 Å². The lowest BCUT2D eigenvalue weighted by atomic mass is 10.1. The van der Waals surface area contributed by atoms with E-state index in [-0.39, 0.29) is 5.91 Å². The van der Waals surface area contributed by atoms with Crippen molar-refractivity contribution in [3.8, 4) is 0 Å². The highest BCUT2D eigenvalue weighted by Crippen LogP contribution is 2.14. The van der Waals surface area contributed by atoms with Gasteiger partial charge in [0.2, 0.25) is 0 Å². The lowest BCUT2D eigenvalue weighted by Crippen LogP contribution is -2.29. The fourth-order valence-electron chi connectivity index (χ4n) is 2.81. The summed E-state index contributed by atoms with van der Waals surface area (Å²) in [5, 5.41) is 3.64. The Bertz CT molecular complexity index is 730. The predicted octanol–water partition coefficient (Wildman–Crippen LogP) is 4.04. The summed E-state index contributed by atoms with van der Waals surface area (Å²) in [5.41, 5.74) is 1.50. The molecule has 0 unspecified atom stereocenters. The van der Waals surface area contributed by atoms with Crippen LogP contribution in [0, 0.1) is 6.92 Å². The molecule has 0 saturated heterocycles. The van der Waals surface area contributed by atoms with Crippen molar-refractivity contribution in [3.05, 3.63) is 52.4 Å². The van der Waals surface area contributed by atoms with Crippen LogP contribution in [-0.4, -0.2) is 35.5 Å². The van der Waals surface area contributed by atoms with E-state index in [1.54, 1.807) is 6.07 Å². The van der Waals surface area contributed by atoms with Gasteiger partial charge in [0.05, 0.1) is 0 Å². The zero-order valence-electron chi connectivity index (χ0n) is 15.8. The van der Waals surface area contributed by atoms with Crippen LogP contribution in [0.25, 0.3) is 0 Å². The van der Waals surface area contributed by atoms with Crippen molar-refractivity contribution in [2.45, 2.75) is 40.0 Å². The molecule has 1 amide bonds. The maximum atomic E-state index is 12.5. The number of amides is 1. The number of nitrogens with zero attached hydrogens (tertiary/aromatic N) is 3. The van der Waals surface area contributed by atoms with Gasteiger partial charge in [-0.2, -0.15) is 0 Å². The molecule has 0 bridgehead atoms. The normalized spacial score (nSPS) is 10.6. The van der Waals surface area contributed by atoms with Gasteiger partial charge >= 0.3 is 0 Å². The predicted molar refractivity (Wildman–Crippen MR) is 107 cm³/mol. The fraction of sp³-hybridized carbons (Fsp3) is 0.450. The quantitative estimate of drug-likeness (QED) is 0.719. The highest BCUT2D eigenvalue weighted by Gasteiger charge is 2.14. The summed E-state index contributed by atoms with van der Waals surface area (Å²) in [6.45, 7) is 8.47. The van der Waals surface area contributed by atoms with E-state index in [4.69, 9.17) is 11.6 Å². The third kappa shape index (κ3) is 5.99. The Morgan fingerprint density at radius 3 is 2.54 bits per heavy atom. The molecule has 0 aliphatic carbocycles. The number of nitrogens with one attached hydrogen (secondary N) is 1. The Morgan fingerprint density at radius 1 is 1.15 bits per heavy atom. The first-order valence-corrected chi connectivity index (χ1v) is 9.54.